The molecule has 2 aliphatic heterocycles. The van der Waals surface area contributed by atoms with Gasteiger partial charge in [0.05, 0.1) is 0 Å². The van der Waals surface area contributed by atoms with Gasteiger partial charge < -0.3 is 15.1 Å². The minimum atomic E-state index is -4.46. The van der Waals surface area contributed by atoms with Crippen molar-refractivity contribution in [1.29, 1.82) is 0 Å². The molecule has 0 bridgehead atoms. The predicted molar refractivity (Wildman–Crippen MR) is 131 cm³/mol. The van der Waals surface area contributed by atoms with Crippen molar-refractivity contribution in [3.8, 4) is 0 Å². The number of rotatable bonds is 6. The highest BCUT2D eigenvalue weighted by Crippen LogP contribution is 2.29. The van der Waals surface area contributed by atoms with Crippen molar-refractivity contribution >= 4 is 17.4 Å². The van der Waals surface area contributed by atoms with Crippen LogP contribution in [0.4, 0.5) is 24.7 Å². The van der Waals surface area contributed by atoms with Gasteiger partial charge in [-0.15, -0.1) is 0 Å². The Morgan fingerprint density at radius 3 is 2.40 bits per heavy atom. The normalized spacial score (nSPS) is 17.7. The molecule has 0 unspecified atom stereocenters. The van der Waals surface area contributed by atoms with E-state index in [2.05, 4.69) is 37.2 Å². The van der Waals surface area contributed by atoms with Crippen LogP contribution in [0.15, 0.2) is 36.7 Å². The summed E-state index contributed by atoms with van der Waals surface area (Å²) in [6.45, 7) is 7.59. The number of nitrogens with one attached hydrogen (secondary N) is 1. The highest BCUT2D eigenvalue weighted by atomic mass is 19.4. The van der Waals surface area contributed by atoms with E-state index in [0.29, 0.717) is 38.0 Å². The van der Waals surface area contributed by atoms with Gasteiger partial charge >= 0.3 is 6.18 Å². The Balaban J connectivity index is 0.00000342. The van der Waals surface area contributed by atoms with Gasteiger partial charge in [-0.05, 0) is 43.5 Å². The van der Waals surface area contributed by atoms with Gasteiger partial charge in [-0.2, -0.15) is 13.2 Å². The SMILES string of the molecule is C.Cc1ccc(N2CCN(CCC(=O)N3CCC(Nc4ccnc(C(F)(F)F)c4)CC3)CC2)nc1. The van der Waals surface area contributed by atoms with E-state index in [-0.39, 0.29) is 19.4 Å². The molecular formula is C25H35F3N6O. The molecule has 4 heterocycles. The molecule has 2 saturated heterocycles. The first-order valence-corrected chi connectivity index (χ1v) is 11.8. The Hall–Kier alpha value is -2.88. The third kappa shape index (κ3) is 7.30. The molecule has 1 amide bonds. The van der Waals surface area contributed by atoms with Crippen LogP contribution >= 0.6 is 0 Å². The van der Waals surface area contributed by atoms with E-state index in [1.54, 1.807) is 6.07 Å². The number of likely N-dealkylation sites (tertiary alicyclic amines) is 1. The van der Waals surface area contributed by atoms with Crippen molar-refractivity contribution in [3.05, 3.63) is 47.9 Å². The summed E-state index contributed by atoms with van der Waals surface area (Å²) in [5.41, 5.74) is 0.654. The monoisotopic (exact) mass is 492 g/mol. The minimum Gasteiger partial charge on any atom is -0.382 e. The first kappa shape index (κ1) is 26.7. The highest BCUT2D eigenvalue weighted by Gasteiger charge is 2.33. The molecule has 0 aliphatic carbocycles. The first-order valence-electron chi connectivity index (χ1n) is 11.8. The fraction of sp³-hybridized carbons (Fsp3) is 0.560. The van der Waals surface area contributed by atoms with Crippen molar-refractivity contribution in [3.63, 3.8) is 0 Å². The van der Waals surface area contributed by atoms with Crippen molar-refractivity contribution in [1.82, 2.24) is 19.8 Å². The van der Waals surface area contributed by atoms with Gasteiger partial charge in [0.2, 0.25) is 5.91 Å². The van der Waals surface area contributed by atoms with Crippen molar-refractivity contribution in [2.45, 2.75) is 45.8 Å². The van der Waals surface area contributed by atoms with E-state index in [9.17, 15) is 18.0 Å². The maximum Gasteiger partial charge on any atom is 0.433 e. The summed E-state index contributed by atoms with van der Waals surface area (Å²) in [4.78, 5) is 27.1. The molecule has 2 aromatic rings. The number of pyridine rings is 2. The molecule has 192 valence electrons. The van der Waals surface area contributed by atoms with Crippen molar-refractivity contribution < 1.29 is 18.0 Å². The van der Waals surface area contributed by atoms with Crippen LogP contribution in [0.5, 0.6) is 0 Å². The van der Waals surface area contributed by atoms with Crippen LogP contribution in [-0.4, -0.2) is 77.5 Å². The van der Waals surface area contributed by atoms with Crippen LogP contribution in [-0.2, 0) is 11.0 Å². The lowest BCUT2D eigenvalue weighted by molar-refractivity contribution is -0.141. The number of hydrogen-bond acceptors (Lipinski definition) is 6. The fourth-order valence-corrected chi connectivity index (χ4v) is 4.44. The van der Waals surface area contributed by atoms with Crippen molar-refractivity contribution in [2.24, 2.45) is 0 Å². The molecular weight excluding hydrogens is 457 g/mol. The predicted octanol–water partition coefficient (Wildman–Crippen LogP) is 4.06. The Labute approximate surface area is 205 Å². The maximum atomic E-state index is 12.9. The van der Waals surface area contributed by atoms with Crippen molar-refractivity contribution in [2.75, 3.05) is 56.0 Å². The smallest absolute Gasteiger partial charge is 0.382 e. The quantitative estimate of drug-likeness (QED) is 0.656. The second-order valence-corrected chi connectivity index (χ2v) is 9.00. The molecule has 0 atom stereocenters. The molecule has 2 aliphatic rings. The Bertz CT molecular complexity index is 952. The lowest BCUT2D eigenvalue weighted by atomic mass is 10.0. The zero-order valence-corrected chi connectivity index (χ0v) is 19.4. The fourth-order valence-electron chi connectivity index (χ4n) is 4.44. The number of halogens is 3. The van der Waals surface area contributed by atoms with Crippen LogP contribution in [0.2, 0.25) is 0 Å². The zero-order valence-electron chi connectivity index (χ0n) is 19.4. The van der Waals surface area contributed by atoms with Gasteiger partial charge in [0.25, 0.3) is 0 Å². The van der Waals surface area contributed by atoms with Gasteiger partial charge in [0.1, 0.15) is 11.5 Å². The number of aromatic nitrogens is 2. The number of anilines is 2. The number of aryl methyl sites for hydroxylation is 1. The Morgan fingerprint density at radius 2 is 1.77 bits per heavy atom. The number of nitrogens with zero attached hydrogens (tertiary/aromatic N) is 5. The summed E-state index contributed by atoms with van der Waals surface area (Å²) < 4.78 is 38.6. The average molecular weight is 493 g/mol. The molecule has 10 heteroatoms. The summed E-state index contributed by atoms with van der Waals surface area (Å²) >= 11 is 0. The van der Waals surface area contributed by atoms with Gasteiger partial charge in [-0.25, -0.2) is 4.98 Å². The van der Waals surface area contributed by atoms with E-state index < -0.39 is 11.9 Å². The summed E-state index contributed by atoms with van der Waals surface area (Å²) in [6.07, 6.45) is 0.490. The molecule has 2 aromatic heterocycles. The Kier molecular flexibility index (Phi) is 8.93. The van der Waals surface area contributed by atoms with Crippen LogP contribution in [0.3, 0.4) is 0 Å². The molecule has 0 aromatic carbocycles. The van der Waals surface area contributed by atoms with E-state index in [1.807, 2.05) is 18.0 Å². The topological polar surface area (TPSA) is 64.6 Å². The largest absolute Gasteiger partial charge is 0.433 e. The summed E-state index contributed by atoms with van der Waals surface area (Å²) in [6, 6.07) is 6.74. The van der Waals surface area contributed by atoms with Crippen LogP contribution < -0.4 is 10.2 Å². The number of hydrogen-bond donors (Lipinski definition) is 1. The molecule has 35 heavy (non-hydrogen) atoms. The lowest BCUT2D eigenvalue weighted by Crippen LogP contribution is -2.48. The summed E-state index contributed by atoms with van der Waals surface area (Å²) in [7, 11) is 0. The third-order valence-corrected chi connectivity index (χ3v) is 6.50. The van der Waals surface area contributed by atoms with Gasteiger partial charge in [-0.1, -0.05) is 13.5 Å². The minimum absolute atomic E-state index is 0. The second-order valence-electron chi connectivity index (χ2n) is 9.00. The van der Waals surface area contributed by atoms with Crippen LogP contribution in [0, 0.1) is 6.92 Å². The van der Waals surface area contributed by atoms with E-state index >= 15 is 0 Å². The maximum absolute atomic E-state index is 12.9. The number of carbonyl (C=O) groups is 1. The molecule has 1 N–H and O–H groups in total. The standard InChI is InChI=1S/C24H31F3N6O.CH4/c1-18-2-3-22(29-17-18)32-14-12-31(13-15-32)9-7-23(34)33-10-5-19(6-11-33)30-20-4-8-28-21(16-20)24(25,26)27;/h2-4,8,16-17,19H,5-7,9-15H2,1H3,(H,28,30);1H4. The molecule has 4 rings (SSSR count). The summed E-state index contributed by atoms with van der Waals surface area (Å²) in [5, 5.41) is 3.16. The lowest BCUT2D eigenvalue weighted by Gasteiger charge is -2.36. The second kappa shape index (κ2) is 11.7. The number of piperazine rings is 1. The number of piperidine rings is 1. The third-order valence-electron chi connectivity index (χ3n) is 6.50. The van der Waals surface area contributed by atoms with E-state index in [4.69, 9.17) is 0 Å². The zero-order chi connectivity index (χ0) is 24.1. The van der Waals surface area contributed by atoms with Gasteiger partial charge in [-0.3, -0.25) is 14.7 Å². The molecule has 0 spiro atoms. The average Bonchev–Trinajstić information content (AvgIpc) is 2.83. The molecule has 2 fully saturated rings. The van der Waals surface area contributed by atoms with Gasteiger partial charge in [0, 0.05) is 76.4 Å². The number of carbonyl (C=O) groups excluding carboxylic acids is 1. The first-order chi connectivity index (χ1) is 16.3. The molecule has 0 saturated carbocycles. The number of amides is 1. The number of alkyl halides is 3. The Morgan fingerprint density at radius 1 is 1.06 bits per heavy atom. The molecule has 7 nitrogen and oxygen atoms in total. The van der Waals surface area contributed by atoms with E-state index in [1.165, 1.54) is 6.20 Å². The van der Waals surface area contributed by atoms with Gasteiger partial charge in [0.15, 0.2) is 0 Å². The van der Waals surface area contributed by atoms with E-state index in [0.717, 1.165) is 50.2 Å². The summed E-state index contributed by atoms with van der Waals surface area (Å²) in [5.74, 6) is 1.14. The molecule has 0 radical (unpaired) electrons. The highest BCUT2D eigenvalue weighted by molar-refractivity contribution is 5.76. The van der Waals surface area contributed by atoms with Crippen LogP contribution in [0.1, 0.15) is 37.9 Å². The van der Waals surface area contributed by atoms with Crippen LogP contribution in [0.25, 0.3) is 0 Å².